The lowest BCUT2D eigenvalue weighted by atomic mass is 10.1. The van der Waals surface area contributed by atoms with Crippen molar-refractivity contribution in [3.05, 3.63) is 58.1 Å². The normalized spacial score (nSPS) is 30.9. The van der Waals surface area contributed by atoms with Crippen LogP contribution in [0, 0.1) is 6.92 Å². The smallest absolute Gasteiger partial charge is 0.351 e. The summed E-state index contributed by atoms with van der Waals surface area (Å²) >= 11 is 0. The summed E-state index contributed by atoms with van der Waals surface area (Å²) < 4.78 is 17.9. The van der Waals surface area contributed by atoms with Gasteiger partial charge in [-0.05, 0) is 26.0 Å². The molecule has 3 N–H and O–H groups in total. The van der Waals surface area contributed by atoms with Crippen LogP contribution in [0.1, 0.15) is 29.1 Å². The highest BCUT2D eigenvalue weighted by Crippen LogP contribution is 2.44. The summed E-state index contributed by atoms with van der Waals surface area (Å²) in [5.41, 5.74) is 0.215. The zero-order valence-corrected chi connectivity index (χ0v) is 15.8. The number of aliphatic hydroxyl groups excluding tert-OH is 2. The van der Waals surface area contributed by atoms with Gasteiger partial charge in [0.25, 0.3) is 5.91 Å². The first-order valence-electron chi connectivity index (χ1n) is 9.11. The fourth-order valence-electron chi connectivity index (χ4n) is 3.54. The van der Waals surface area contributed by atoms with Crippen molar-refractivity contribution in [2.75, 3.05) is 11.9 Å². The van der Waals surface area contributed by atoms with Crippen LogP contribution in [0.4, 0.5) is 5.82 Å². The van der Waals surface area contributed by atoms with Crippen molar-refractivity contribution >= 4 is 11.7 Å². The zero-order valence-electron chi connectivity index (χ0n) is 15.8. The Kier molecular flexibility index (Phi) is 4.97. The van der Waals surface area contributed by atoms with Crippen molar-refractivity contribution in [2.24, 2.45) is 0 Å². The molecule has 5 atom stereocenters. The molecule has 2 aromatic rings. The van der Waals surface area contributed by atoms with Crippen LogP contribution < -0.4 is 11.0 Å². The van der Waals surface area contributed by atoms with Crippen LogP contribution in [0.5, 0.6) is 0 Å². The van der Waals surface area contributed by atoms with Crippen LogP contribution in [0.3, 0.4) is 0 Å². The van der Waals surface area contributed by atoms with Gasteiger partial charge in [-0.2, -0.15) is 4.98 Å². The van der Waals surface area contributed by atoms with E-state index in [2.05, 4.69) is 10.3 Å². The topological polar surface area (TPSA) is 132 Å². The van der Waals surface area contributed by atoms with E-state index in [9.17, 15) is 19.8 Å². The average molecular weight is 403 g/mol. The Morgan fingerprint density at radius 1 is 1.31 bits per heavy atom. The van der Waals surface area contributed by atoms with Crippen LogP contribution in [-0.2, 0) is 14.2 Å². The van der Waals surface area contributed by atoms with Gasteiger partial charge in [0.1, 0.15) is 24.6 Å². The molecule has 4 rings (SSSR count). The summed E-state index contributed by atoms with van der Waals surface area (Å²) in [6, 6.07) is 8.54. The Balaban J connectivity index is 1.63. The molecule has 0 aliphatic carbocycles. The highest BCUT2D eigenvalue weighted by atomic mass is 16.8. The number of benzene rings is 1. The third-order valence-corrected chi connectivity index (χ3v) is 4.97. The lowest BCUT2D eigenvalue weighted by Crippen LogP contribution is -2.55. The Bertz CT molecular complexity index is 980. The van der Waals surface area contributed by atoms with Gasteiger partial charge >= 0.3 is 5.69 Å². The molecule has 2 bridgehead atoms. The summed E-state index contributed by atoms with van der Waals surface area (Å²) in [5, 5.41) is 22.7. The summed E-state index contributed by atoms with van der Waals surface area (Å²) in [7, 11) is 0. The van der Waals surface area contributed by atoms with E-state index in [1.54, 1.807) is 44.2 Å². The third-order valence-electron chi connectivity index (χ3n) is 4.97. The number of nitrogens with one attached hydrogen (secondary N) is 1. The minimum atomic E-state index is -1.68. The van der Waals surface area contributed by atoms with E-state index in [4.69, 9.17) is 14.2 Å². The Morgan fingerprint density at radius 3 is 2.72 bits per heavy atom. The molecule has 2 aliphatic heterocycles. The van der Waals surface area contributed by atoms with Crippen LogP contribution in [0.15, 0.2) is 41.3 Å². The maximum Gasteiger partial charge on any atom is 0.351 e. The van der Waals surface area contributed by atoms with Crippen LogP contribution in [-0.4, -0.2) is 56.6 Å². The maximum atomic E-state index is 12.6. The first kappa shape index (κ1) is 19.7. The molecule has 29 heavy (non-hydrogen) atoms. The summed E-state index contributed by atoms with van der Waals surface area (Å²) in [4.78, 5) is 28.9. The first-order valence-corrected chi connectivity index (χ1v) is 9.11. The van der Waals surface area contributed by atoms with Crippen molar-refractivity contribution in [1.82, 2.24) is 9.55 Å². The number of hydrogen-bond acceptors (Lipinski definition) is 8. The molecule has 1 amide bonds. The van der Waals surface area contributed by atoms with Crippen molar-refractivity contribution in [1.29, 1.82) is 0 Å². The van der Waals surface area contributed by atoms with Crippen molar-refractivity contribution in [3.8, 4) is 0 Å². The molecule has 1 aromatic carbocycles. The number of aryl methyl sites for hydroxylation is 1. The van der Waals surface area contributed by atoms with Crippen LogP contribution >= 0.6 is 0 Å². The molecule has 1 aromatic heterocycles. The van der Waals surface area contributed by atoms with E-state index in [-0.39, 0.29) is 5.82 Å². The van der Waals surface area contributed by atoms with E-state index in [1.807, 2.05) is 0 Å². The second-order valence-corrected chi connectivity index (χ2v) is 6.99. The molecular weight excluding hydrogens is 382 g/mol. The van der Waals surface area contributed by atoms with E-state index in [0.29, 0.717) is 11.1 Å². The van der Waals surface area contributed by atoms with Gasteiger partial charge in [0.2, 0.25) is 5.79 Å². The van der Waals surface area contributed by atoms with Gasteiger partial charge in [0.15, 0.2) is 12.5 Å². The number of anilines is 1. The number of carbonyl (C=O) groups is 1. The monoisotopic (exact) mass is 403 g/mol. The largest absolute Gasteiger partial charge is 0.391 e. The number of aliphatic hydroxyl groups is 2. The van der Waals surface area contributed by atoms with Gasteiger partial charge in [0, 0.05) is 17.3 Å². The van der Waals surface area contributed by atoms with Crippen LogP contribution in [0.2, 0.25) is 0 Å². The lowest BCUT2D eigenvalue weighted by molar-refractivity contribution is -0.352. The Hall–Kier alpha value is -2.63. The predicted octanol–water partition coefficient (Wildman–Crippen LogP) is 0.144. The average Bonchev–Trinajstić information content (AvgIpc) is 2.87. The molecule has 0 radical (unpaired) electrons. The number of aromatic nitrogens is 2. The zero-order chi connectivity index (χ0) is 20.8. The molecule has 2 aliphatic rings. The number of nitrogens with zero attached hydrogens (tertiary/aromatic N) is 2. The summed E-state index contributed by atoms with van der Waals surface area (Å²) in [6.07, 6.45) is -2.57. The fourth-order valence-corrected chi connectivity index (χ4v) is 3.54. The Morgan fingerprint density at radius 2 is 2.03 bits per heavy atom. The minimum absolute atomic E-state index is 0.115. The fraction of sp³-hybridized carbons (Fsp3) is 0.421. The molecule has 10 nitrogen and oxygen atoms in total. The second kappa shape index (κ2) is 7.32. The van der Waals surface area contributed by atoms with E-state index < -0.39 is 48.7 Å². The number of ether oxygens (including phenoxy) is 3. The van der Waals surface area contributed by atoms with Crippen molar-refractivity contribution in [3.63, 3.8) is 0 Å². The molecule has 2 saturated heterocycles. The van der Waals surface area contributed by atoms with Gasteiger partial charge in [-0.15, -0.1) is 0 Å². The quantitative estimate of drug-likeness (QED) is 0.657. The molecule has 10 heteroatoms. The van der Waals surface area contributed by atoms with Gasteiger partial charge in [-0.3, -0.25) is 9.36 Å². The molecule has 0 spiro atoms. The number of hydrogen-bond donors (Lipinski definition) is 3. The summed E-state index contributed by atoms with van der Waals surface area (Å²) in [5.74, 6) is -1.96. The maximum absolute atomic E-state index is 12.6. The molecule has 0 saturated carbocycles. The second-order valence-electron chi connectivity index (χ2n) is 6.99. The number of amides is 1. The molecule has 2 fully saturated rings. The van der Waals surface area contributed by atoms with Gasteiger partial charge in [0.05, 0.1) is 0 Å². The molecular formula is C19H21N3O7. The van der Waals surface area contributed by atoms with E-state index in [0.717, 1.165) is 4.57 Å². The first-order chi connectivity index (χ1) is 13.8. The van der Waals surface area contributed by atoms with Gasteiger partial charge in [-0.1, -0.05) is 18.2 Å². The molecule has 154 valence electrons. The number of carbonyl (C=O) groups excluding carboxylic acids is 1. The van der Waals surface area contributed by atoms with Gasteiger partial charge in [-0.25, -0.2) is 4.79 Å². The molecule has 3 heterocycles. The highest BCUT2D eigenvalue weighted by molar-refractivity contribution is 6.03. The van der Waals surface area contributed by atoms with Crippen molar-refractivity contribution in [2.45, 2.75) is 44.4 Å². The lowest BCUT2D eigenvalue weighted by Gasteiger charge is -2.37. The van der Waals surface area contributed by atoms with E-state index in [1.165, 1.54) is 6.20 Å². The highest BCUT2D eigenvalue weighted by Gasteiger charge is 2.61. The van der Waals surface area contributed by atoms with Gasteiger partial charge < -0.3 is 29.7 Å². The standard InChI is InChI=1S/C19H21N3O7/c1-10-8-22(17-13-14(24)19(9-23,29-17)28-11(2)27-13)18(26)21-15(10)20-16(25)12-6-4-3-5-7-12/h3-8,11,13-14,17,23-24H,9H2,1-2H3,(H,20,21,25,26)/t11-,13+,14?,17-,19-/m1/s1. The Labute approximate surface area is 165 Å². The number of fused-ring (bicyclic) bond motifs is 2. The third kappa shape index (κ3) is 3.34. The minimum Gasteiger partial charge on any atom is -0.391 e. The predicted molar refractivity (Wildman–Crippen MR) is 99.0 cm³/mol. The number of rotatable bonds is 4. The van der Waals surface area contributed by atoms with Crippen molar-refractivity contribution < 1.29 is 29.2 Å². The van der Waals surface area contributed by atoms with E-state index >= 15 is 0 Å². The van der Waals surface area contributed by atoms with Crippen LogP contribution in [0.25, 0.3) is 0 Å². The SMILES string of the molecule is Cc1cn([C@@H]2O[C@@]3(CO)O[C@H](C)O[C@H]2C3O)c(=O)nc1NC(=O)c1ccccc1. The summed E-state index contributed by atoms with van der Waals surface area (Å²) in [6.45, 7) is 2.66. The molecule has 1 unspecified atom stereocenters.